The molecular formula is C23H15BrN4O3. The Balaban J connectivity index is 1.69. The van der Waals surface area contributed by atoms with Gasteiger partial charge in [0.15, 0.2) is 0 Å². The molecule has 0 saturated carbocycles. The third-order valence-electron chi connectivity index (χ3n) is 5.34. The third-order valence-corrected chi connectivity index (χ3v) is 5.87. The molecule has 1 aromatic heterocycles. The van der Waals surface area contributed by atoms with Gasteiger partial charge in [0.05, 0.1) is 16.7 Å². The molecule has 1 aliphatic heterocycles. The van der Waals surface area contributed by atoms with Crippen molar-refractivity contribution >= 4 is 33.2 Å². The average Bonchev–Trinajstić information content (AvgIpc) is 3.34. The maximum absolute atomic E-state index is 13.4. The third kappa shape index (κ3) is 3.21. The van der Waals surface area contributed by atoms with E-state index in [0.29, 0.717) is 17.0 Å². The van der Waals surface area contributed by atoms with Crippen LogP contribution in [0.15, 0.2) is 83.3 Å². The molecule has 0 bridgehead atoms. The predicted molar refractivity (Wildman–Crippen MR) is 120 cm³/mol. The fourth-order valence-corrected chi connectivity index (χ4v) is 4.19. The minimum absolute atomic E-state index is 0.00220. The summed E-state index contributed by atoms with van der Waals surface area (Å²) in [5.74, 6) is -0.171. The van der Waals surface area contributed by atoms with Crippen molar-refractivity contribution in [1.29, 1.82) is 0 Å². The molecule has 2 heterocycles. The van der Waals surface area contributed by atoms with Crippen LogP contribution in [0, 0.1) is 10.1 Å². The number of aromatic nitrogens is 2. The van der Waals surface area contributed by atoms with Gasteiger partial charge in [-0.2, -0.15) is 5.10 Å². The molecular weight excluding hydrogens is 460 g/mol. The number of nitrogens with zero attached hydrogens (tertiary/aromatic N) is 3. The van der Waals surface area contributed by atoms with E-state index in [4.69, 9.17) is 0 Å². The van der Waals surface area contributed by atoms with Crippen molar-refractivity contribution in [3.8, 4) is 11.3 Å². The number of nitro groups is 1. The lowest BCUT2D eigenvalue weighted by atomic mass is 9.96. The Morgan fingerprint density at radius 3 is 2.29 bits per heavy atom. The summed E-state index contributed by atoms with van der Waals surface area (Å²) < 4.78 is 0.940. The number of carbonyl (C=O) groups excluding carboxylic acids is 1. The number of H-pyrrole nitrogens is 1. The van der Waals surface area contributed by atoms with Crippen LogP contribution in [-0.2, 0) is 0 Å². The lowest BCUT2D eigenvalue weighted by Crippen LogP contribution is -2.29. The summed E-state index contributed by atoms with van der Waals surface area (Å²) in [6, 6.07) is 23.1. The monoisotopic (exact) mass is 474 g/mol. The van der Waals surface area contributed by atoms with Crippen LogP contribution in [0.3, 0.4) is 0 Å². The molecule has 1 amide bonds. The predicted octanol–water partition coefficient (Wildman–Crippen LogP) is 5.50. The zero-order valence-electron chi connectivity index (χ0n) is 16.0. The highest BCUT2D eigenvalue weighted by molar-refractivity contribution is 9.10. The Labute approximate surface area is 185 Å². The van der Waals surface area contributed by atoms with E-state index < -0.39 is 4.92 Å². The maximum Gasteiger partial charge on any atom is 0.277 e. The van der Waals surface area contributed by atoms with E-state index in [0.717, 1.165) is 21.3 Å². The number of benzene rings is 3. The summed E-state index contributed by atoms with van der Waals surface area (Å²) in [5, 5.41) is 18.3. The molecule has 5 rings (SSSR count). The molecule has 0 aliphatic carbocycles. The van der Waals surface area contributed by atoms with Crippen LogP contribution in [0.5, 0.6) is 0 Å². The van der Waals surface area contributed by atoms with E-state index >= 15 is 0 Å². The van der Waals surface area contributed by atoms with Gasteiger partial charge in [0.1, 0.15) is 5.69 Å². The van der Waals surface area contributed by atoms with Crippen LogP contribution >= 0.6 is 15.9 Å². The number of aromatic amines is 1. The SMILES string of the molecule is O=C1c2[nH]nc(-c3ccc([N+](=O)[O-])cc3)c2C(c2ccc(Br)cc2)N1c1ccccc1. The van der Waals surface area contributed by atoms with Crippen LogP contribution in [0.2, 0.25) is 0 Å². The summed E-state index contributed by atoms with van der Waals surface area (Å²) in [4.78, 5) is 25.7. The second kappa shape index (κ2) is 7.48. The number of rotatable bonds is 4. The van der Waals surface area contributed by atoms with Gasteiger partial charge in [-0.15, -0.1) is 0 Å². The number of nitro benzene ring substituents is 1. The van der Waals surface area contributed by atoms with Crippen molar-refractivity contribution in [1.82, 2.24) is 10.2 Å². The number of para-hydroxylation sites is 1. The molecule has 0 fully saturated rings. The summed E-state index contributed by atoms with van der Waals surface area (Å²) in [7, 11) is 0. The van der Waals surface area contributed by atoms with Crippen molar-refractivity contribution in [3.05, 3.63) is 110 Å². The highest BCUT2D eigenvalue weighted by Crippen LogP contribution is 2.45. The van der Waals surface area contributed by atoms with Crippen LogP contribution in [-0.4, -0.2) is 21.0 Å². The van der Waals surface area contributed by atoms with Gasteiger partial charge < -0.3 is 0 Å². The zero-order chi connectivity index (χ0) is 21.5. The first kappa shape index (κ1) is 19.2. The molecule has 1 N–H and O–H groups in total. The lowest BCUT2D eigenvalue weighted by Gasteiger charge is -2.26. The number of fused-ring (bicyclic) bond motifs is 1. The number of non-ortho nitro benzene ring substituents is 1. The highest BCUT2D eigenvalue weighted by Gasteiger charge is 2.43. The summed E-state index contributed by atoms with van der Waals surface area (Å²) in [6.07, 6.45) is 0. The van der Waals surface area contributed by atoms with Gasteiger partial charge in [0.2, 0.25) is 0 Å². The Kier molecular flexibility index (Phi) is 4.63. The molecule has 0 saturated heterocycles. The van der Waals surface area contributed by atoms with Crippen molar-refractivity contribution in [2.45, 2.75) is 6.04 Å². The van der Waals surface area contributed by atoms with E-state index in [1.807, 2.05) is 54.6 Å². The summed E-state index contributed by atoms with van der Waals surface area (Å²) in [5.41, 5.74) is 4.19. The Bertz CT molecular complexity index is 1280. The molecule has 31 heavy (non-hydrogen) atoms. The van der Waals surface area contributed by atoms with Gasteiger partial charge in [-0.05, 0) is 42.0 Å². The van der Waals surface area contributed by atoms with Gasteiger partial charge in [-0.25, -0.2) is 0 Å². The van der Waals surface area contributed by atoms with Crippen molar-refractivity contribution in [2.75, 3.05) is 4.90 Å². The van der Waals surface area contributed by atoms with Gasteiger partial charge in [-0.1, -0.05) is 46.3 Å². The summed E-state index contributed by atoms with van der Waals surface area (Å²) in [6.45, 7) is 0. The van der Waals surface area contributed by atoms with Gasteiger partial charge in [-0.3, -0.25) is 24.9 Å². The molecule has 4 aromatic rings. The van der Waals surface area contributed by atoms with Gasteiger partial charge in [0.25, 0.3) is 11.6 Å². The van der Waals surface area contributed by atoms with Gasteiger partial charge >= 0.3 is 0 Å². The number of carbonyl (C=O) groups is 1. The first-order chi connectivity index (χ1) is 15.0. The minimum Gasteiger partial charge on any atom is -0.295 e. The second-order valence-corrected chi connectivity index (χ2v) is 8.05. The Hall–Kier alpha value is -3.78. The number of nitrogens with one attached hydrogen (secondary N) is 1. The molecule has 8 heteroatoms. The first-order valence-electron chi connectivity index (χ1n) is 9.52. The van der Waals surface area contributed by atoms with Crippen LogP contribution in [0.25, 0.3) is 11.3 Å². The quantitative estimate of drug-likeness (QED) is 0.312. The van der Waals surface area contributed by atoms with Crippen LogP contribution < -0.4 is 4.90 Å². The molecule has 0 spiro atoms. The van der Waals surface area contributed by atoms with E-state index in [1.165, 1.54) is 12.1 Å². The topological polar surface area (TPSA) is 92.1 Å². The molecule has 1 unspecified atom stereocenters. The average molecular weight is 475 g/mol. The maximum atomic E-state index is 13.4. The molecule has 1 aliphatic rings. The second-order valence-electron chi connectivity index (χ2n) is 7.13. The number of hydrogen-bond donors (Lipinski definition) is 1. The van der Waals surface area contributed by atoms with E-state index in [9.17, 15) is 14.9 Å². The number of amides is 1. The lowest BCUT2D eigenvalue weighted by molar-refractivity contribution is -0.384. The normalized spacial score (nSPS) is 15.2. The van der Waals surface area contributed by atoms with E-state index in [1.54, 1.807) is 17.0 Å². The number of anilines is 1. The van der Waals surface area contributed by atoms with Crippen molar-refractivity contribution in [3.63, 3.8) is 0 Å². The number of halogens is 1. The van der Waals surface area contributed by atoms with Crippen molar-refractivity contribution in [2.24, 2.45) is 0 Å². The Morgan fingerprint density at radius 1 is 0.968 bits per heavy atom. The molecule has 152 valence electrons. The largest absolute Gasteiger partial charge is 0.295 e. The molecule has 1 atom stereocenters. The molecule has 7 nitrogen and oxygen atoms in total. The first-order valence-corrected chi connectivity index (χ1v) is 10.3. The van der Waals surface area contributed by atoms with Crippen LogP contribution in [0.4, 0.5) is 11.4 Å². The minimum atomic E-state index is -0.440. The highest BCUT2D eigenvalue weighted by atomic mass is 79.9. The van der Waals surface area contributed by atoms with Crippen molar-refractivity contribution < 1.29 is 9.72 Å². The Morgan fingerprint density at radius 2 is 1.65 bits per heavy atom. The zero-order valence-corrected chi connectivity index (χ0v) is 17.6. The summed E-state index contributed by atoms with van der Waals surface area (Å²) >= 11 is 3.47. The standard InChI is InChI=1S/C23H15BrN4O3/c24-16-10-6-15(7-11-16)22-19-20(14-8-12-18(13-9-14)28(30)31)25-26-21(19)23(29)27(22)17-4-2-1-3-5-17/h1-13,22H,(H,25,26). The molecule has 0 radical (unpaired) electrons. The van der Waals surface area contributed by atoms with E-state index in [-0.39, 0.29) is 17.6 Å². The van der Waals surface area contributed by atoms with Crippen LogP contribution in [0.1, 0.15) is 27.7 Å². The van der Waals surface area contributed by atoms with Gasteiger partial charge in [0, 0.05) is 33.4 Å². The van der Waals surface area contributed by atoms with E-state index in [2.05, 4.69) is 26.1 Å². The fourth-order valence-electron chi connectivity index (χ4n) is 3.92. The number of hydrogen-bond acceptors (Lipinski definition) is 4. The smallest absolute Gasteiger partial charge is 0.277 e. The fraction of sp³-hybridized carbons (Fsp3) is 0.0435. The molecule has 3 aromatic carbocycles.